The van der Waals surface area contributed by atoms with Gasteiger partial charge in [0.25, 0.3) is 0 Å². The van der Waals surface area contributed by atoms with E-state index in [2.05, 4.69) is 38.9 Å². The van der Waals surface area contributed by atoms with Gasteiger partial charge in [0.05, 0.1) is 17.6 Å². The van der Waals surface area contributed by atoms with E-state index in [4.69, 9.17) is 0 Å². The Morgan fingerprint density at radius 2 is 2.03 bits per heavy atom. The zero-order chi connectivity index (χ0) is 20.4. The van der Waals surface area contributed by atoms with Gasteiger partial charge in [0.1, 0.15) is 0 Å². The monoisotopic (exact) mass is 396 g/mol. The largest absolute Gasteiger partial charge is 0.465 e. The van der Waals surface area contributed by atoms with Crippen molar-refractivity contribution in [2.45, 2.75) is 19.3 Å². The van der Waals surface area contributed by atoms with Gasteiger partial charge in [-0.3, -0.25) is 10.1 Å². The van der Waals surface area contributed by atoms with Gasteiger partial charge in [0.15, 0.2) is 0 Å². The average molecular weight is 396 g/mol. The van der Waals surface area contributed by atoms with Crippen molar-refractivity contribution >= 4 is 23.2 Å². The maximum absolute atomic E-state index is 11.7. The summed E-state index contributed by atoms with van der Waals surface area (Å²) in [5.41, 5.74) is 2.69. The summed E-state index contributed by atoms with van der Waals surface area (Å²) >= 11 is 0. The van der Waals surface area contributed by atoms with Crippen LogP contribution in [0.1, 0.15) is 28.8 Å². The van der Waals surface area contributed by atoms with Crippen LogP contribution in [-0.4, -0.2) is 49.2 Å². The number of fused-ring (bicyclic) bond motifs is 1. The number of hydrogen-bond donors (Lipinski definition) is 0. The summed E-state index contributed by atoms with van der Waals surface area (Å²) in [4.78, 5) is 31.3. The highest BCUT2D eigenvalue weighted by atomic mass is 16.6. The lowest BCUT2D eigenvalue weighted by atomic mass is 9.96. The molecule has 2 aliphatic rings. The lowest BCUT2D eigenvalue weighted by molar-refractivity contribution is -0.384. The minimum atomic E-state index is -0.628. The Hall–Kier alpha value is -3.16. The number of nitro groups is 1. The van der Waals surface area contributed by atoms with Crippen LogP contribution in [0.25, 0.3) is 0 Å². The number of pyridine rings is 1. The van der Waals surface area contributed by atoms with Crippen LogP contribution in [0.2, 0.25) is 0 Å². The van der Waals surface area contributed by atoms with E-state index in [1.165, 1.54) is 30.6 Å². The Labute approximate surface area is 169 Å². The van der Waals surface area contributed by atoms with Crippen LogP contribution >= 0.6 is 0 Å². The molecule has 0 spiro atoms. The van der Waals surface area contributed by atoms with E-state index in [0.717, 1.165) is 32.4 Å². The molecule has 0 unspecified atom stereocenters. The van der Waals surface area contributed by atoms with Crippen LogP contribution in [0.15, 0.2) is 36.5 Å². The third-order valence-corrected chi connectivity index (χ3v) is 5.84. The zero-order valence-corrected chi connectivity index (χ0v) is 16.4. The van der Waals surface area contributed by atoms with Crippen molar-refractivity contribution in [2.24, 2.45) is 5.92 Å². The summed E-state index contributed by atoms with van der Waals surface area (Å²) in [5.74, 6) is 0.246. The number of carbonyl (C=O) groups is 1. The van der Waals surface area contributed by atoms with Gasteiger partial charge in [-0.05, 0) is 36.8 Å². The number of benzene rings is 1. The Kier molecular flexibility index (Phi) is 5.33. The number of methoxy groups -OCH3 is 1. The molecule has 2 aromatic rings. The van der Waals surface area contributed by atoms with E-state index in [0.29, 0.717) is 24.8 Å². The number of hydrogen-bond acceptors (Lipinski definition) is 7. The molecule has 2 aliphatic heterocycles. The van der Waals surface area contributed by atoms with E-state index in [1.54, 1.807) is 0 Å². The molecule has 8 nitrogen and oxygen atoms in total. The number of anilines is 2. The predicted octanol–water partition coefficient (Wildman–Crippen LogP) is 3.06. The van der Waals surface area contributed by atoms with Crippen LogP contribution in [0.5, 0.6) is 0 Å². The molecule has 152 valence electrons. The first-order valence-corrected chi connectivity index (χ1v) is 9.87. The quantitative estimate of drug-likeness (QED) is 0.436. The van der Waals surface area contributed by atoms with E-state index < -0.39 is 10.9 Å². The first-order chi connectivity index (χ1) is 14.1. The molecule has 0 saturated carbocycles. The van der Waals surface area contributed by atoms with Crippen molar-refractivity contribution in [1.29, 1.82) is 0 Å². The molecular weight excluding hydrogens is 372 g/mol. The second kappa shape index (κ2) is 8.06. The van der Waals surface area contributed by atoms with Gasteiger partial charge in [0, 0.05) is 44.1 Å². The highest BCUT2D eigenvalue weighted by Gasteiger charge is 2.29. The van der Waals surface area contributed by atoms with E-state index in [1.807, 2.05) is 4.90 Å². The number of aromatic nitrogens is 1. The number of nitrogens with zero attached hydrogens (tertiary/aromatic N) is 4. The summed E-state index contributed by atoms with van der Waals surface area (Å²) < 4.78 is 4.64. The number of ether oxygens (including phenoxy) is 1. The Balaban J connectivity index is 1.42. The van der Waals surface area contributed by atoms with Gasteiger partial charge in [-0.15, -0.1) is 0 Å². The molecule has 3 heterocycles. The first kappa shape index (κ1) is 19.2. The standard InChI is InChI=1S/C21H24N4O4/c1-29-21(26)17-12-19(25(27)28)20(22-13-17)23-9-6-15(7-10-23)14-24-11-8-16-4-2-3-5-18(16)24/h2-5,12-13,15H,6-11,14H2,1H3. The molecule has 29 heavy (non-hydrogen) atoms. The Morgan fingerprint density at radius 1 is 1.28 bits per heavy atom. The van der Waals surface area contributed by atoms with Crippen molar-refractivity contribution in [3.05, 3.63) is 57.8 Å². The van der Waals surface area contributed by atoms with E-state index in [-0.39, 0.29) is 11.3 Å². The number of esters is 1. The molecule has 1 saturated heterocycles. The third kappa shape index (κ3) is 3.87. The lowest BCUT2D eigenvalue weighted by Gasteiger charge is -2.35. The fourth-order valence-corrected chi connectivity index (χ4v) is 4.29. The third-order valence-electron chi connectivity index (χ3n) is 5.84. The molecule has 0 amide bonds. The summed E-state index contributed by atoms with van der Waals surface area (Å²) in [7, 11) is 1.24. The maximum Gasteiger partial charge on any atom is 0.339 e. The van der Waals surface area contributed by atoms with Crippen LogP contribution in [0.4, 0.5) is 17.2 Å². The van der Waals surface area contributed by atoms with Crippen molar-refractivity contribution in [2.75, 3.05) is 43.1 Å². The number of para-hydroxylation sites is 1. The highest BCUT2D eigenvalue weighted by molar-refractivity contribution is 5.90. The first-order valence-electron chi connectivity index (χ1n) is 9.87. The van der Waals surface area contributed by atoms with Gasteiger partial charge in [0.2, 0.25) is 5.82 Å². The number of carbonyl (C=O) groups excluding carboxylic acids is 1. The molecule has 0 N–H and O–H groups in total. The van der Waals surface area contributed by atoms with Crippen molar-refractivity contribution in [3.8, 4) is 0 Å². The summed E-state index contributed by atoms with van der Waals surface area (Å²) in [6, 6.07) is 9.81. The zero-order valence-electron chi connectivity index (χ0n) is 16.4. The Bertz CT molecular complexity index is 925. The van der Waals surface area contributed by atoms with E-state index in [9.17, 15) is 14.9 Å². The maximum atomic E-state index is 11.7. The fourth-order valence-electron chi connectivity index (χ4n) is 4.29. The number of piperidine rings is 1. The van der Waals surface area contributed by atoms with E-state index >= 15 is 0 Å². The van der Waals surface area contributed by atoms with Crippen molar-refractivity contribution in [1.82, 2.24) is 4.98 Å². The molecule has 0 radical (unpaired) electrons. The summed E-state index contributed by atoms with van der Waals surface area (Å²) in [6.07, 6.45) is 4.35. The molecule has 0 atom stereocenters. The van der Waals surface area contributed by atoms with Gasteiger partial charge in [-0.2, -0.15) is 0 Å². The lowest BCUT2D eigenvalue weighted by Crippen LogP contribution is -2.39. The predicted molar refractivity (Wildman–Crippen MR) is 110 cm³/mol. The molecule has 0 aliphatic carbocycles. The second-order valence-electron chi connectivity index (χ2n) is 7.57. The fraction of sp³-hybridized carbons (Fsp3) is 0.429. The van der Waals surface area contributed by atoms with Crippen LogP contribution in [-0.2, 0) is 11.2 Å². The van der Waals surface area contributed by atoms with Crippen molar-refractivity contribution < 1.29 is 14.5 Å². The molecule has 1 aromatic heterocycles. The van der Waals surface area contributed by atoms with Crippen LogP contribution in [0.3, 0.4) is 0 Å². The van der Waals surface area contributed by atoms with Crippen molar-refractivity contribution in [3.63, 3.8) is 0 Å². The Morgan fingerprint density at radius 3 is 2.76 bits per heavy atom. The molecule has 0 bridgehead atoms. The second-order valence-corrected chi connectivity index (χ2v) is 7.57. The smallest absolute Gasteiger partial charge is 0.339 e. The molecule has 1 fully saturated rings. The molecule has 8 heteroatoms. The number of rotatable bonds is 5. The van der Waals surface area contributed by atoms with Gasteiger partial charge < -0.3 is 14.5 Å². The molecule has 1 aromatic carbocycles. The SMILES string of the molecule is COC(=O)c1cnc(N2CCC(CN3CCc4ccccc43)CC2)c([N+](=O)[O-])c1. The highest BCUT2D eigenvalue weighted by Crippen LogP contribution is 2.33. The topological polar surface area (TPSA) is 88.8 Å². The van der Waals surface area contributed by atoms with Crippen LogP contribution in [0, 0.1) is 16.0 Å². The average Bonchev–Trinajstić information content (AvgIpc) is 3.16. The van der Waals surface area contributed by atoms with Gasteiger partial charge in [-0.1, -0.05) is 18.2 Å². The summed E-state index contributed by atoms with van der Waals surface area (Å²) in [5, 5.41) is 11.5. The van der Waals surface area contributed by atoms with Gasteiger partial charge >= 0.3 is 11.7 Å². The minimum Gasteiger partial charge on any atom is -0.465 e. The molecular formula is C21H24N4O4. The normalized spacial score (nSPS) is 16.6. The minimum absolute atomic E-state index is 0.0885. The molecule has 4 rings (SSSR count). The van der Waals surface area contributed by atoms with Crippen LogP contribution < -0.4 is 9.80 Å². The summed E-state index contributed by atoms with van der Waals surface area (Å²) in [6.45, 7) is 3.50. The van der Waals surface area contributed by atoms with Gasteiger partial charge in [-0.25, -0.2) is 9.78 Å².